The van der Waals surface area contributed by atoms with Crippen molar-refractivity contribution in [2.24, 2.45) is 0 Å². The number of amides is 1. The monoisotopic (exact) mass is 266 g/mol. The van der Waals surface area contributed by atoms with Crippen molar-refractivity contribution in [2.75, 3.05) is 19.5 Å². The molecule has 0 aliphatic carbocycles. The molecule has 0 aliphatic rings. The minimum atomic E-state index is -0.817. The third-order valence-electron chi connectivity index (χ3n) is 3.14. The van der Waals surface area contributed by atoms with E-state index in [-0.39, 0.29) is 5.91 Å². The van der Waals surface area contributed by atoms with Crippen LogP contribution in [0.3, 0.4) is 0 Å². The van der Waals surface area contributed by atoms with E-state index >= 15 is 0 Å². The fourth-order valence-electron chi connectivity index (χ4n) is 1.89. The summed E-state index contributed by atoms with van der Waals surface area (Å²) in [5.41, 5.74) is 0.695. The van der Waals surface area contributed by atoms with Crippen molar-refractivity contribution in [1.29, 1.82) is 0 Å². The fourth-order valence-corrected chi connectivity index (χ4v) is 1.89. The Kier molecular flexibility index (Phi) is 5.30. The summed E-state index contributed by atoms with van der Waals surface area (Å²) in [6.45, 7) is 5.68. The van der Waals surface area contributed by atoms with E-state index in [0.29, 0.717) is 18.0 Å². The highest BCUT2D eigenvalue weighted by molar-refractivity contribution is 5.97. The van der Waals surface area contributed by atoms with E-state index < -0.39 is 5.60 Å². The summed E-state index contributed by atoms with van der Waals surface area (Å²) in [4.78, 5) is 16.4. The van der Waals surface area contributed by atoms with Crippen LogP contribution in [0, 0.1) is 6.92 Å². The Labute approximate surface area is 114 Å². The Morgan fingerprint density at radius 1 is 1.47 bits per heavy atom. The number of aryl methyl sites for hydroxylation is 1. The molecular formula is C14H22N2O3. The number of nitrogens with one attached hydrogen (secondary N) is 1. The normalized spacial score (nSPS) is 13.7. The van der Waals surface area contributed by atoms with Gasteiger partial charge in [-0.05, 0) is 26.3 Å². The molecule has 1 rings (SSSR count). The van der Waals surface area contributed by atoms with Crippen LogP contribution < -0.4 is 10.1 Å². The first kappa shape index (κ1) is 15.4. The third kappa shape index (κ3) is 3.67. The van der Waals surface area contributed by atoms with Crippen LogP contribution in [0.2, 0.25) is 0 Å². The Morgan fingerprint density at radius 3 is 2.63 bits per heavy atom. The van der Waals surface area contributed by atoms with Crippen LogP contribution in [0.25, 0.3) is 0 Å². The van der Waals surface area contributed by atoms with E-state index in [4.69, 9.17) is 9.47 Å². The Bertz CT molecular complexity index is 448. The molecule has 1 N–H and O–H groups in total. The molecule has 0 saturated heterocycles. The van der Waals surface area contributed by atoms with Gasteiger partial charge >= 0.3 is 0 Å². The lowest BCUT2D eigenvalue weighted by Gasteiger charge is -2.26. The van der Waals surface area contributed by atoms with Crippen molar-refractivity contribution < 1.29 is 14.3 Å². The van der Waals surface area contributed by atoms with Crippen LogP contribution in [-0.4, -0.2) is 30.7 Å². The van der Waals surface area contributed by atoms with E-state index in [1.807, 2.05) is 19.9 Å². The Morgan fingerprint density at radius 2 is 2.16 bits per heavy atom. The zero-order valence-corrected chi connectivity index (χ0v) is 12.2. The fraction of sp³-hybridized carbons (Fsp3) is 0.571. The zero-order chi connectivity index (χ0) is 14.5. The predicted octanol–water partition coefficient (Wildman–Crippen LogP) is 2.54. The molecule has 1 atom stereocenters. The smallest absolute Gasteiger partial charge is 0.256 e. The van der Waals surface area contributed by atoms with Crippen LogP contribution in [0.4, 0.5) is 5.69 Å². The first-order chi connectivity index (χ1) is 8.96. The summed E-state index contributed by atoms with van der Waals surface area (Å²) in [5, 5.41) is 2.83. The number of carbonyl (C=O) groups excluding carboxylic acids is 1. The molecule has 1 amide bonds. The van der Waals surface area contributed by atoms with E-state index in [9.17, 15) is 4.79 Å². The number of nitrogens with zero attached hydrogens (tertiary/aromatic N) is 1. The number of hydrogen-bond acceptors (Lipinski definition) is 4. The summed E-state index contributed by atoms with van der Waals surface area (Å²) < 4.78 is 10.4. The summed E-state index contributed by atoms with van der Waals surface area (Å²) in [5.74, 6) is 0.393. The topological polar surface area (TPSA) is 60.5 Å². The lowest BCUT2D eigenvalue weighted by atomic mass is 9.99. The molecule has 1 heterocycles. The molecule has 5 heteroatoms. The van der Waals surface area contributed by atoms with Crippen molar-refractivity contribution >= 4 is 11.6 Å². The summed E-state index contributed by atoms with van der Waals surface area (Å²) in [6, 6.07) is 1.83. The number of hydrogen-bond donors (Lipinski definition) is 1. The minimum absolute atomic E-state index is 0.164. The average molecular weight is 266 g/mol. The first-order valence-electron chi connectivity index (χ1n) is 6.34. The van der Waals surface area contributed by atoms with Gasteiger partial charge in [0.05, 0.1) is 19.0 Å². The summed E-state index contributed by atoms with van der Waals surface area (Å²) in [7, 11) is 3.11. The van der Waals surface area contributed by atoms with Crippen molar-refractivity contribution in [3.8, 4) is 5.88 Å². The average Bonchev–Trinajstić information content (AvgIpc) is 2.39. The molecular weight excluding hydrogens is 244 g/mol. The van der Waals surface area contributed by atoms with Gasteiger partial charge in [-0.25, -0.2) is 4.98 Å². The minimum Gasteiger partial charge on any atom is -0.481 e. The maximum atomic E-state index is 12.2. The molecule has 0 spiro atoms. The van der Waals surface area contributed by atoms with Gasteiger partial charge in [-0.3, -0.25) is 4.79 Å². The van der Waals surface area contributed by atoms with Crippen molar-refractivity contribution in [2.45, 2.75) is 39.2 Å². The second-order valence-corrected chi connectivity index (χ2v) is 4.69. The van der Waals surface area contributed by atoms with Crippen LogP contribution in [0.1, 0.15) is 32.3 Å². The summed E-state index contributed by atoms with van der Waals surface area (Å²) >= 11 is 0. The number of pyridine rings is 1. The molecule has 19 heavy (non-hydrogen) atoms. The molecule has 0 saturated carbocycles. The first-order valence-corrected chi connectivity index (χ1v) is 6.34. The number of anilines is 1. The number of aromatic nitrogens is 1. The molecule has 0 fully saturated rings. The van der Waals surface area contributed by atoms with Gasteiger partial charge in [-0.15, -0.1) is 0 Å². The summed E-state index contributed by atoms with van der Waals surface area (Å²) in [6.07, 6.45) is 3.11. The highest BCUT2D eigenvalue weighted by Crippen LogP contribution is 2.22. The second-order valence-electron chi connectivity index (χ2n) is 4.69. The van der Waals surface area contributed by atoms with E-state index in [1.165, 1.54) is 0 Å². The van der Waals surface area contributed by atoms with Crippen LogP contribution in [0.5, 0.6) is 5.88 Å². The predicted molar refractivity (Wildman–Crippen MR) is 74.5 cm³/mol. The standard InChI is InChI=1S/C14H22N2O3/c1-6-7-14(3,19-5)13(17)16-11-8-10(2)12(18-4)15-9-11/h8-9H,6-7H2,1-5H3,(H,16,17)/t14-/m0/s1. The van der Waals surface area contributed by atoms with Crippen molar-refractivity contribution in [3.63, 3.8) is 0 Å². The zero-order valence-electron chi connectivity index (χ0n) is 12.2. The van der Waals surface area contributed by atoms with E-state index in [2.05, 4.69) is 10.3 Å². The van der Waals surface area contributed by atoms with Crippen molar-refractivity contribution in [3.05, 3.63) is 17.8 Å². The highest BCUT2D eigenvalue weighted by atomic mass is 16.5. The van der Waals surface area contributed by atoms with Crippen LogP contribution in [0.15, 0.2) is 12.3 Å². The second kappa shape index (κ2) is 6.52. The lowest BCUT2D eigenvalue weighted by molar-refractivity contribution is -0.136. The van der Waals surface area contributed by atoms with Crippen molar-refractivity contribution in [1.82, 2.24) is 4.98 Å². The number of carbonyl (C=O) groups is 1. The molecule has 1 aromatic rings. The highest BCUT2D eigenvalue weighted by Gasteiger charge is 2.32. The van der Waals surface area contributed by atoms with Gasteiger partial charge in [-0.1, -0.05) is 13.3 Å². The van der Waals surface area contributed by atoms with Gasteiger partial charge in [0.1, 0.15) is 5.60 Å². The number of methoxy groups -OCH3 is 2. The van der Waals surface area contributed by atoms with Gasteiger partial charge in [0.25, 0.3) is 5.91 Å². The third-order valence-corrected chi connectivity index (χ3v) is 3.14. The van der Waals surface area contributed by atoms with Gasteiger partial charge in [-0.2, -0.15) is 0 Å². The molecule has 0 aliphatic heterocycles. The molecule has 106 valence electrons. The van der Waals surface area contributed by atoms with Gasteiger partial charge in [0.15, 0.2) is 0 Å². The van der Waals surface area contributed by atoms with Crippen LogP contribution in [-0.2, 0) is 9.53 Å². The van der Waals surface area contributed by atoms with Gasteiger partial charge in [0, 0.05) is 12.7 Å². The van der Waals surface area contributed by atoms with Gasteiger partial charge < -0.3 is 14.8 Å². The molecule has 5 nitrogen and oxygen atoms in total. The van der Waals surface area contributed by atoms with E-state index in [1.54, 1.807) is 27.3 Å². The largest absolute Gasteiger partial charge is 0.481 e. The Balaban J connectivity index is 2.84. The Hall–Kier alpha value is -1.62. The van der Waals surface area contributed by atoms with Crippen LogP contribution >= 0.6 is 0 Å². The number of rotatable bonds is 6. The quantitative estimate of drug-likeness (QED) is 0.859. The number of ether oxygens (including phenoxy) is 2. The molecule has 0 unspecified atom stereocenters. The van der Waals surface area contributed by atoms with Gasteiger partial charge in [0.2, 0.25) is 5.88 Å². The maximum Gasteiger partial charge on any atom is 0.256 e. The maximum absolute atomic E-state index is 12.2. The van der Waals surface area contributed by atoms with E-state index in [0.717, 1.165) is 12.0 Å². The lowest BCUT2D eigenvalue weighted by Crippen LogP contribution is -2.41. The molecule has 0 radical (unpaired) electrons. The molecule has 0 aromatic carbocycles. The molecule has 0 bridgehead atoms. The molecule has 1 aromatic heterocycles. The SMILES string of the molecule is CCC[C@](C)(OC)C(=O)Nc1cnc(OC)c(C)c1.